The van der Waals surface area contributed by atoms with Crippen LogP contribution in [0.4, 0.5) is 5.95 Å². The fraction of sp³-hybridized carbons (Fsp3) is 0.688. The largest absolute Gasteiger partial charge is 0.396 e. The molecule has 0 saturated carbocycles. The highest BCUT2D eigenvalue weighted by molar-refractivity contribution is 5.55. The van der Waals surface area contributed by atoms with Gasteiger partial charge >= 0.3 is 0 Å². The van der Waals surface area contributed by atoms with Crippen LogP contribution in [0.5, 0.6) is 0 Å². The summed E-state index contributed by atoms with van der Waals surface area (Å²) in [5.41, 5.74) is 2.48. The number of anilines is 1. The van der Waals surface area contributed by atoms with E-state index in [2.05, 4.69) is 33.6 Å². The van der Waals surface area contributed by atoms with Gasteiger partial charge in [-0.25, -0.2) is 4.98 Å². The van der Waals surface area contributed by atoms with Gasteiger partial charge in [-0.1, -0.05) is 6.08 Å². The van der Waals surface area contributed by atoms with Crippen molar-refractivity contribution in [3.8, 4) is 0 Å². The van der Waals surface area contributed by atoms with Crippen molar-refractivity contribution in [2.75, 3.05) is 44.7 Å². The number of aliphatic hydroxyl groups is 1. The van der Waals surface area contributed by atoms with Crippen LogP contribution in [-0.2, 0) is 13.0 Å². The third kappa shape index (κ3) is 3.14. The molecular formula is C16H26N4O. The van der Waals surface area contributed by atoms with Crippen LogP contribution in [0.3, 0.4) is 0 Å². The van der Waals surface area contributed by atoms with E-state index in [0.29, 0.717) is 0 Å². The molecule has 5 heteroatoms. The van der Waals surface area contributed by atoms with Gasteiger partial charge < -0.3 is 19.5 Å². The van der Waals surface area contributed by atoms with Gasteiger partial charge in [0.15, 0.2) is 0 Å². The molecule has 0 amide bonds. The van der Waals surface area contributed by atoms with Gasteiger partial charge in [-0.2, -0.15) is 0 Å². The first-order valence-corrected chi connectivity index (χ1v) is 8.10. The molecule has 1 aromatic rings. The number of hydrogen-bond acceptors (Lipinski definition) is 4. The molecule has 1 aliphatic heterocycles. The van der Waals surface area contributed by atoms with E-state index in [-0.39, 0.29) is 6.61 Å². The van der Waals surface area contributed by atoms with E-state index in [4.69, 9.17) is 4.98 Å². The molecule has 0 radical (unpaired) electrons. The lowest BCUT2D eigenvalue weighted by molar-refractivity contribution is 0.279. The average molecular weight is 290 g/mol. The summed E-state index contributed by atoms with van der Waals surface area (Å²) in [6.45, 7) is 5.47. The molecule has 21 heavy (non-hydrogen) atoms. The van der Waals surface area contributed by atoms with Gasteiger partial charge in [0.1, 0.15) is 0 Å². The van der Waals surface area contributed by atoms with Crippen LogP contribution in [0.15, 0.2) is 6.08 Å². The topological polar surface area (TPSA) is 44.5 Å². The molecule has 1 aromatic heterocycles. The van der Waals surface area contributed by atoms with E-state index in [1.165, 1.54) is 12.1 Å². The minimum atomic E-state index is 0.241. The van der Waals surface area contributed by atoms with Crippen LogP contribution in [0.2, 0.25) is 0 Å². The maximum atomic E-state index is 9.18. The van der Waals surface area contributed by atoms with Crippen LogP contribution >= 0.6 is 0 Å². The van der Waals surface area contributed by atoms with Gasteiger partial charge in [0.2, 0.25) is 5.95 Å². The Bertz CT molecular complexity index is 509. The Morgan fingerprint density at radius 2 is 2.14 bits per heavy atom. The third-order valence-corrected chi connectivity index (χ3v) is 4.45. The molecule has 0 aromatic carbocycles. The molecular weight excluding hydrogens is 264 g/mol. The number of imidazole rings is 1. The van der Waals surface area contributed by atoms with Crippen molar-refractivity contribution < 1.29 is 5.11 Å². The Morgan fingerprint density at radius 1 is 1.24 bits per heavy atom. The second-order valence-corrected chi connectivity index (χ2v) is 6.06. The van der Waals surface area contributed by atoms with Crippen LogP contribution in [0.25, 0.3) is 6.08 Å². The molecule has 5 nitrogen and oxygen atoms in total. The van der Waals surface area contributed by atoms with Gasteiger partial charge in [0.05, 0.1) is 5.69 Å². The third-order valence-electron chi connectivity index (χ3n) is 4.45. The molecule has 1 aliphatic carbocycles. The van der Waals surface area contributed by atoms with Gasteiger partial charge in [0, 0.05) is 38.5 Å². The summed E-state index contributed by atoms with van der Waals surface area (Å²) in [4.78, 5) is 9.71. The van der Waals surface area contributed by atoms with Crippen molar-refractivity contribution >= 4 is 12.0 Å². The maximum Gasteiger partial charge on any atom is 0.206 e. The van der Waals surface area contributed by atoms with E-state index in [9.17, 15) is 5.11 Å². The van der Waals surface area contributed by atoms with Crippen molar-refractivity contribution in [2.45, 2.75) is 32.2 Å². The lowest BCUT2D eigenvalue weighted by Gasteiger charge is -2.23. The lowest BCUT2D eigenvalue weighted by Crippen LogP contribution is -2.31. The zero-order valence-corrected chi connectivity index (χ0v) is 13.0. The van der Waals surface area contributed by atoms with Gasteiger partial charge in [-0.05, 0) is 45.4 Å². The highest BCUT2D eigenvalue weighted by Gasteiger charge is 2.22. The highest BCUT2D eigenvalue weighted by Crippen LogP contribution is 2.26. The van der Waals surface area contributed by atoms with E-state index >= 15 is 0 Å². The summed E-state index contributed by atoms with van der Waals surface area (Å²) in [6.07, 6.45) is 8.52. The number of likely N-dealkylation sites (N-methyl/N-ethyl adjacent to an activating group) is 1. The average Bonchev–Trinajstić information content (AvgIpc) is 2.72. The quantitative estimate of drug-likeness (QED) is 0.909. The van der Waals surface area contributed by atoms with E-state index in [1.807, 2.05) is 0 Å². The van der Waals surface area contributed by atoms with Crippen molar-refractivity contribution in [3.63, 3.8) is 0 Å². The van der Waals surface area contributed by atoms with E-state index in [1.54, 1.807) is 0 Å². The molecule has 1 saturated heterocycles. The Balaban J connectivity index is 1.89. The van der Waals surface area contributed by atoms with Crippen molar-refractivity contribution in [2.24, 2.45) is 0 Å². The minimum absolute atomic E-state index is 0.241. The molecule has 0 atom stereocenters. The predicted octanol–water partition coefficient (Wildman–Crippen LogP) is 1.37. The number of aromatic nitrogens is 2. The summed E-state index contributed by atoms with van der Waals surface area (Å²) in [7, 11) is 2.19. The Kier molecular flexibility index (Phi) is 4.60. The fourth-order valence-corrected chi connectivity index (χ4v) is 3.25. The number of rotatable bonds is 4. The SMILES string of the molecule is CN1CCCN(c2nc3c(n2CCCO)CCC=C3)CC1. The van der Waals surface area contributed by atoms with Crippen molar-refractivity contribution in [1.82, 2.24) is 14.5 Å². The summed E-state index contributed by atoms with van der Waals surface area (Å²) >= 11 is 0. The molecule has 0 unspecified atom stereocenters. The highest BCUT2D eigenvalue weighted by atomic mass is 16.3. The van der Waals surface area contributed by atoms with Gasteiger partial charge in [0.25, 0.3) is 0 Å². The Hall–Kier alpha value is -1.33. The normalized spacial score (nSPS) is 19.6. The van der Waals surface area contributed by atoms with Crippen LogP contribution < -0.4 is 4.90 Å². The molecule has 2 aliphatic rings. The number of nitrogens with zero attached hydrogens (tertiary/aromatic N) is 4. The number of hydrogen-bond donors (Lipinski definition) is 1. The maximum absolute atomic E-state index is 9.18. The number of allylic oxidation sites excluding steroid dienone is 1. The lowest BCUT2D eigenvalue weighted by atomic mass is 10.1. The zero-order valence-electron chi connectivity index (χ0n) is 13.0. The first-order valence-electron chi connectivity index (χ1n) is 8.10. The molecule has 1 fully saturated rings. The monoisotopic (exact) mass is 290 g/mol. The fourth-order valence-electron chi connectivity index (χ4n) is 3.25. The summed E-state index contributed by atoms with van der Waals surface area (Å²) < 4.78 is 2.35. The first-order chi connectivity index (χ1) is 10.3. The Labute approximate surface area is 126 Å². The smallest absolute Gasteiger partial charge is 0.206 e. The van der Waals surface area contributed by atoms with E-state index < -0.39 is 0 Å². The van der Waals surface area contributed by atoms with Crippen LogP contribution in [-0.4, -0.2) is 59.4 Å². The molecule has 2 heterocycles. The van der Waals surface area contributed by atoms with Crippen LogP contribution in [0.1, 0.15) is 30.7 Å². The second-order valence-electron chi connectivity index (χ2n) is 6.06. The van der Waals surface area contributed by atoms with Crippen molar-refractivity contribution in [3.05, 3.63) is 17.5 Å². The number of fused-ring (bicyclic) bond motifs is 1. The molecule has 3 rings (SSSR count). The summed E-state index contributed by atoms with van der Waals surface area (Å²) in [5, 5.41) is 9.18. The van der Waals surface area contributed by atoms with Crippen LogP contribution in [0, 0.1) is 0 Å². The van der Waals surface area contributed by atoms with E-state index in [0.717, 1.165) is 63.6 Å². The van der Waals surface area contributed by atoms with Crippen molar-refractivity contribution in [1.29, 1.82) is 0 Å². The predicted molar refractivity (Wildman–Crippen MR) is 85.6 cm³/mol. The minimum Gasteiger partial charge on any atom is -0.396 e. The van der Waals surface area contributed by atoms with Gasteiger partial charge in [-0.15, -0.1) is 0 Å². The number of aliphatic hydroxyl groups excluding tert-OH is 1. The zero-order chi connectivity index (χ0) is 14.7. The molecule has 0 bridgehead atoms. The first kappa shape index (κ1) is 14.6. The second kappa shape index (κ2) is 6.62. The molecule has 1 N–H and O–H groups in total. The van der Waals surface area contributed by atoms with Gasteiger partial charge in [-0.3, -0.25) is 0 Å². The summed E-state index contributed by atoms with van der Waals surface area (Å²) in [5.74, 6) is 1.11. The Morgan fingerprint density at radius 3 is 3.00 bits per heavy atom. The standard InChI is InChI=1S/C16H26N4O/c1-18-8-4-9-19(12-11-18)16-17-14-6-2-3-7-15(14)20(16)10-5-13-21/h2,6,21H,3-5,7-13H2,1H3. The molecule has 0 spiro atoms. The molecule has 116 valence electrons. The summed E-state index contributed by atoms with van der Waals surface area (Å²) in [6, 6.07) is 0.